The third kappa shape index (κ3) is 7.63. The Balaban J connectivity index is 1.69. The van der Waals surface area contributed by atoms with Crippen LogP contribution in [-0.2, 0) is 16.6 Å². The van der Waals surface area contributed by atoms with Crippen molar-refractivity contribution >= 4 is 27.5 Å². The molecule has 0 aliphatic heterocycles. The Hall–Kier alpha value is -2.86. The van der Waals surface area contributed by atoms with Gasteiger partial charge < -0.3 is 15.3 Å². The SMILES string of the molecule is CN(C)Cc1cncc(-c2ccc(-c3cnc(C4CCC(NC(=O)O)CC4)s3)c(S(=O)(=O)NC(C)(C)C)c2)c1. The molecule has 210 valence electrons. The summed E-state index contributed by atoms with van der Waals surface area (Å²) in [4.78, 5) is 23.1. The number of amides is 1. The first-order valence-corrected chi connectivity index (χ1v) is 15.3. The van der Waals surface area contributed by atoms with Gasteiger partial charge in [-0.05, 0) is 83.8 Å². The maximum absolute atomic E-state index is 13.7. The van der Waals surface area contributed by atoms with Crippen LogP contribution in [0.3, 0.4) is 0 Å². The predicted molar refractivity (Wildman–Crippen MR) is 154 cm³/mol. The van der Waals surface area contributed by atoms with Gasteiger partial charge in [0.05, 0.1) is 14.8 Å². The molecule has 1 fully saturated rings. The number of rotatable bonds is 8. The lowest BCUT2D eigenvalue weighted by atomic mass is 9.86. The van der Waals surface area contributed by atoms with Crippen molar-refractivity contribution in [3.8, 4) is 21.6 Å². The molecule has 1 aliphatic carbocycles. The highest BCUT2D eigenvalue weighted by Gasteiger charge is 2.29. The molecule has 4 rings (SSSR count). The van der Waals surface area contributed by atoms with Gasteiger partial charge in [0.15, 0.2) is 0 Å². The minimum atomic E-state index is -3.85. The molecular formula is C28H37N5O4S2. The zero-order valence-corrected chi connectivity index (χ0v) is 24.7. The molecule has 0 atom stereocenters. The number of benzene rings is 1. The molecule has 9 nitrogen and oxygen atoms in total. The van der Waals surface area contributed by atoms with Gasteiger partial charge >= 0.3 is 6.09 Å². The van der Waals surface area contributed by atoms with Gasteiger partial charge in [-0.25, -0.2) is 22.9 Å². The number of sulfonamides is 1. The number of hydrogen-bond acceptors (Lipinski definition) is 7. The number of thiazole rings is 1. The van der Waals surface area contributed by atoms with Crippen molar-refractivity contribution in [2.75, 3.05) is 14.1 Å². The largest absolute Gasteiger partial charge is 0.465 e. The zero-order chi connectivity index (χ0) is 28.4. The van der Waals surface area contributed by atoms with Crippen molar-refractivity contribution in [1.82, 2.24) is 24.9 Å². The minimum Gasteiger partial charge on any atom is -0.465 e. The third-order valence-corrected chi connectivity index (χ3v) is 9.52. The van der Waals surface area contributed by atoms with Crippen molar-refractivity contribution in [3.05, 3.63) is 53.4 Å². The standard InChI is InChI=1S/C28H37N5O4S2/c1-28(2,3)32-39(36,37)25-13-20(21-12-18(14-29-15-21)17-33(4)5)8-11-23(25)24-16-30-26(38-24)19-6-9-22(10-7-19)31-27(34)35/h8,11-16,19,22,31-32H,6-7,9-10,17H2,1-5H3,(H,34,35). The Kier molecular flexibility index (Phi) is 8.75. The van der Waals surface area contributed by atoms with Crippen LogP contribution < -0.4 is 10.0 Å². The first-order valence-electron chi connectivity index (χ1n) is 13.0. The molecule has 11 heteroatoms. The van der Waals surface area contributed by atoms with E-state index in [9.17, 15) is 13.2 Å². The highest BCUT2D eigenvalue weighted by atomic mass is 32.2. The Morgan fingerprint density at radius 2 is 1.79 bits per heavy atom. The fourth-order valence-electron chi connectivity index (χ4n) is 4.94. The zero-order valence-electron chi connectivity index (χ0n) is 23.1. The van der Waals surface area contributed by atoms with E-state index in [1.165, 1.54) is 11.3 Å². The van der Waals surface area contributed by atoms with Crippen LogP contribution in [0.25, 0.3) is 21.6 Å². The molecule has 1 amide bonds. The summed E-state index contributed by atoms with van der Waals surface area (Å²) in [6, 6.07) is 7.52. The summed E-state index contributed by atoms with van der Waals surface area (Å²) < 4.78 is 30.1. The number of carboxylic acid groups (broad SMARTS) is 1. The number of aromatic nitrogens is 2. The average molecular weight is 572 g/mol. The first-order chi connectivity index (χ1) is 18.3. The summed E-state index contributed by atoms with van der Waals surface area (Å²) in [5.41, 5.74) is 2.62. The molecule has 0 saturated heterocycles. The topological polar surface area (TPSA) is 125 Å². The molecule has 39 heavy (non-hydrogen) atoms. The van der Waals surface area contributed by atoms with Crippen LogP contribution in [0.1, 0.15) is 62.9 Å². The Morgan fingerprint density at radius 1 is 1.08 bits per heavy atom. The molecular weight excluding hydrogens is 534 g/mol. The monoisotopic (exact) mass is 571 g/mol. The van der Waals surface area contributed by atoms with E-state index in [0.717, 1.165) is 58.8 Å². The molecule has 0 bridgehead atoms. The van der Waals surface area contributed by atoms with Crippen molar-refractivity contribution in [2.45, 2.75) is 75.4 Å². The van der Waals surface area contributed by atoms with Gasteiger partial charge in [0.1, 0.15) is 0 Å². The second kappa shape index (κ2) is 11.7. The molecule has 0 unspecified atom stereocenters. The highest BCUT2D eigenvalue weighted by Crippen LogP contribution is 2.40. The molecule has 0 spiro atoms. The molecule has 2 aromatic heterocycles. The second-order valence-corrected chi connectivity index (χ2v) is 14.2. The molecule has 1 aliphatic rings. The molecule has 1 aromatic carbocycles. The van der Waals surface area contributed by atoms with Crippen LogP contribution in [0.4, 0.5) is 4.79 Å². The quantitative estimate of drug-likeness (QED) is 0.335. The van der Waals surface area contributed by atoms with E-state index < -0.39 is 21.7 Å². The number of carbonyl (C=O) groups is 1. The summed E-state index contributed by atoms with van der Waals surface area (Å²) in [6.45, 7) is 6.20. The third-order valence-electron chi connectivity index (χ3n) is 6.53. The normalized spacial score (nSPS) is 18.3. The Bertz CT molecular complexity index is 1420. The van der Waals surface area contributed by atoms with Crippen molar-refractivity contribution < 1.29 is 18.3 Å². The minimum absolute atomic E-state index is 0.0309. The maximum atomic E-state index is 13.7. The van der Waals surface area contributed by atoms with E-state index >= 15 is 0 Å². The van der Waals surface area contributed by atoms with Crippen molar-refractivity contribution in [2.24, 2.45) is 0 Å². The number of nitrogens with zero attached hydrogens (tertiary/aromatic N) is 3. The first kappa shape index (κ1) is 29.1. The fourth-order valence-corrected chi connectivity index (χ4v) is 7.80. The van der Waals surface area contributed by atoms with E-state index in [0.29, 0.717) is 5.56 Å². The summed E-state index contributed by atoms with van der Waals surface area (Å²) in [7, 11) is 0.130. The summed E-state index contributed by atoms with van der Waals surface area (Å²) in [6.07, 6.45) is 7.53. The molecule has 0 radical (unpaired) electrons. The summed E-state index contributed by atoms with van der Waals surface area (Å²) in [5, 5.41) is 12.5. The fraction of sp³-hybridized carbons (Fsp3) is 0.464. The number of hydrogen-bond donors (Lipinski definition) is 3. The summed E-state index contributed by atoms with van der Waals surface area (Å²) >= 11 is 1.51. The van der Waals surface area contributed by atoms with Gasteiger partial charge in [-0.2, -0.15) is 0 Å². The Morgan fingerprint density at radius 3 is 2.44 bits per heavy atom. The lowest BCUT2D eigenvalue weighted by Crippen LogP contribution is -2.40. The number of nitrogens with one attached hydrogen (secondary N) is 2. The maximum Gasteiger partial charge on any atom is 0.404 e. The van der Waals surface area contributed by atoms with Crippen molar-refractivity contribution in [1.29, 1.82) is 0 Å². The van der Waals surface area contributed by atoms with Gasteiger partial charge in [-0.3, -0.25) is 4.98 Å². The van der Waals surface area contributed by atoms with Crippen LogP contribution in [0, 0.1) is 0 Å². The highest BCUT2D eigenvalue weighted by molar-refractivity contribution is 7.89. The van der Waals surface area contributed by atoms with Gasteiger partial charge in [-0.15, -0.1) is 11.3 Å². The van der Waals surface area contributed by atoms with Crippen LogP contribution >= 0.6 is 11.3 Å². The van der Waals surface area contributed by atoms with Crippen LogP contribution in [-0.4, -0.2) is 60.2 Å². The Labute approximate surface area is 234 Å². The van der Waals surface area contributed by atoms with Gasteiger partial charge in [0, 0.05) is 53.8 Å². The molecule has 2 heterocycles. The van der Waals surface area contributed by atoms with E-state index in [2.05, 4.69) is 24.9 Å². The average Bonchev–Trinajstić information content (AvgIpc) is 3.32. The van der Waals surface area contributed by atoms with Crippen LogP contribution in [0.2, 0.25) is 0 Å². The van der Waals surface area contributed by atoms with Gasteiger partial charge in [0.25, 0.3) is 0 Å². The molecule has 3 N–H and O–H groups in total. The lowest BCUT2D eigenvalue weighted by Gasteiger charge is -2.27. The van der Waals surface area contributed by atoms with E-state index in [4.69, 9.17) is 5.11 Å². The van der Waals surface area contributed by atoms with Crippen LogP contribution in [0.5, 0.6) is 0 Å². The van der Waals surface area contributed by atoms with Crippen molar-refractivity contribution in [3.63, 3.8) is 0 Å². The second-order valence-electron chi connectivity index (χ2n) is 11.4. The molecule has 3 aromatic rings. The smallest absolute Gasteiger partial charge is 0.404 e. The lowest BCUT2D eigenvalue weighted by molar-refractivity contribution is 0.185. The van der Waals surface area contributed by atoms with E-state index in [-0.39, 0.29) is 16.9 Å². The number of pyridine rings is 1. The predicted octanol–water partition coefficient (Wildman–Crippen LogP) is 5.30. The van der Waals surface area contributed by atoms with E-state index in [1.807, 2.05) is 59.3 Å². The van der Waals surface area contributed by atoms with E-state index in [1.54, 1.807) is 18.5 Å². The van der Waals surface area contributed by atoms with Gasteiger partial charge in [0.2, 0.25) is 10.0 Å². The van der Waals surface area contributed by atoms with Gasteiger partial charge in [-0.1, -0.05) is 12.1 Å². The van der Waals surface area contributed by atoms with Crippen LogP contribution in [0.15, 0.2) is 47.8 Å². The summed E-state index contributed by atoms with van der Waals surface area (Å²) in [5.74, 6) is 0.230. The molecule has 1 saturated carbocycles.